The highest BCUT2D eigenvalue weighted by Gasteiger charge is 2.34. The maximum Gasteiger partial charge on any atom is 0.127 e. The van der Waals surface area contributed by atoms with Gasteiger partial charge in [-0.3, -0.25) is 0 Å². The minimum absolute atomic E-state index is 0.119. The maximum absolute atomic E-state index is 9.70. The molecular weight excluding hydrogens is 680 g/mol. The van der Waals surface area contributed by atoms with Gasteiger partial charge in [0.2, 0.25) is 0 Å². The summed E-state index contributed by atoms with van der Waals surface area (Å²) in [5.41, 5.74) is 6.96. The molecule has 0 aliphatic heterocycles. The summed E-state index contributed by atoms with van der Waals surface area (Å²) in [7, 11) is 0. The molecule has 0 heterocycles. The fourth-order valence-corrected chi connectivity index (χ4v) is 7.63. The van der Waals surface area contributed by atoms with Crippen LogP contribution in [0.4, 0.5) is 0 Å². The molecule has 0 saturated heterocycles. The average molecular weight is 733 g/mol. The van der Waals surface area contributed by atoms with E-state index in [1.54, 1.807) is 0 Å². The van der Waals surface area contributed by atoms with Gasteiger partial charge < -0.3 is 39.4 Å². The Morgan fingerprint density at radius 2 is 0.852 bits per heavy atom. The Morgan fingerprint density at radius 3 is 1.28 bits per heavy atom. The smallest absolute Gasteiger partial charge is 0.127 e. The molecule has 1 fully saturated rings. The van der Waals surface area contributed by atoms with Crippen molar-refractivity contribution >= 4 is 0 Å². The zero-order chi connectivity index (χ0) is 37.8. The van der Waals surface area contributed by atoms with Crippen molar-refractivity contribution in [2.75, 3.05) is 52.9 Å². The van der Waals surface area contributed by atoms with E-state index in [1.165, 1.54) is 37.7 Å². The molecule has 8 nitrogen and oxygen atoms in total. The van der Waals surface area contributed by atoms with Crippen LogP contribution in [0.2, 0.25) is 0 Å². The van der Waals surface area contributed by atoms with Crippen LogP contribution in [0.5, 0.6) is 23.0 Å². The lowest BCUT2D eigenvalue weighted by Gasteiger charge is -2.34. The second kappa shape index (κ2) is 18.9. The molecule has 0 bridgehead atoms. The van der Waals surface area contributed by atoms with Gasteiger partial charge in [0.15, 0.2) is 0 Å². The predicted molar refractivity (Wildman–Crippen MR) is 212 cm³/mol. The summed E-state index contributed by atoms with van der Waals surface area (Å²) in [6.45, 7) is 2.27. The van der Waals surface area contributed by atoms with Gasteiger partial charge in [0, 0.05) is 27.7 Å². The first-order valence-electron chi connectivity index (χ1n) is 19.0. The summed E-state index contributed by atoms with van der Waals surface area (Å²) < 4.78 is 24.2. The quantitative estimate of drug-likeness (QED) is 0.0672. The summed E-state index contributed by atoms with van der Waals surface area (Å²) in [6, 6.07) is 36.8. The molecule has 284 valence electrons. The Bertz CT molecular complexity index is 1830. The Kier molecular flexibility index (Phi) is 13.6. The summed E-state index contributed by atoms with van der Waals surface area (Å²) in [5, 5.41) is 38.6. The van der Waals surface area contributed by atoms with Gasteiger partial charge in [-0.1, -0.05) is 92.1 Å². The summed E-state index contributed by atoms with van der Waals surface area (Å²) in [6.07, 6.45) is 6.25. The first-order valence-corrected chi connectivity index (χ1v) is 19.0. The lowest BCUT2D eigenvalue weighted by atomic mass is 9.69. The summed E-state index contributed by atoms with van der Waals surface area (Å²) >= 11 is 0. The number of benzene rings is 5. The summed E-state index contributed by atoms with van der Waals surface area (Å²) in [5.74, 6) is 3.00. The van der Waals surface area contributed by atoms with Crippen LogP contribution >= 0.6 is 0 Å². The predicted octanol–water partition coefficient (Wildman–Crippen LogP) is 7.91. The molecule has 0 atom stereocenters. The van der Waals surface area contributed by atoms with Crippen molar-refractivity contribution in [3.63, 3.8) is 0 Å². The highest BCUT2D eigenvalue weighted by atomic mass is 16.5. The molecule has 5 aromatic rings. The fraction of sp³-hybridized carbons (Fsp3) is 0.348. The van der Waals surface area contributed by atoms with E-state index in [1.807, 2.05) is 60.7 Å². The number of hydrogen-bond donors (Lipinski definition) is 4. The van der Waals surface area contributed by atoms with Crippen molar-refractivity contribution < 1.29 is 39.4 Å². The van der Waals surface area contributed by atoms with Crippen molar-refractivity contribution in [1.29, 1.82) is 0 Å². The third-order valence-electron chi connectivity index (χ3n) is 10.4. The Balaban J connectivity index is 1.57. The van der Waals surface area contributed by atoms with Crippen LogP contribution in [0.1, 0.15) is 67.2 Å². The zero-order valence-corrected chi connectivity index (χ0v) is 31.1. The van der Waals surface area contributed by atoms with E-state index in [0.29, 0.717) is 28.9 Å². The molecule has 5 aromatic carbocycles. The molecular formula is C46H52O8. The van der Waals surface area contributed by atoms with E-state index >= 15 is 0 Å². The van der Waals surface area contributed by atoms with Crippen LogP contribution < -0.4 is 18.9 Å². The third-order valence-corrected chi connectivity index (χ3v) is 10.4. The topological polar surface area (TPSA) is 118 Å². The van der Waals surface area contributed by atoms with E-state index in [4.69, 9.17) is 18.9 Å². The van der Waals surface area contributed by atoms with Gasteiger partial charge in [-0.15, -0.1) is 0 Å². The number of aliphatic hydroxyl groups excluding tert-OH is 4. The third kappa shape index (κ3) is 8.74. The minimum atomic E-state index is -0.707. The molecule has 8 heteroatoms. The van der Waals surface area contributed by atoms with Crippen LogP contribution in [0.25, 0.3) is 22.3 Å². The van der Waals surface area contributed by atoms with Gasteiger partial charge in [0.05, 0.1) is 26.4 Å². The van der Waals surface area contributed by atoms with Gasteiger partial charge in [0.25, 0.3) is 0 Å². The zero-order valence-electron chi connectivity index (χ0n) is 31.1. The molecule has 0 amide bonds. The number of aliphatic hydroxyl groups is 4. The van der Waals surface area contributed by atoms with Crippen LogP contribution in [0.3, 0.4) is 0 Å². The Hall–Kier alpha value is -4.86. The highest BCUT2D eigenvalue weighted by molar-refractivity contribution is 5.79. The number of hydrogen-bond acceptors (Lipinski definition) is 8. The molecule has 0 radical (unpaired) electrons. The SMILES string of the molecule is CC(c1ccc(C2CCCCC2)cc1)(c1ccc(OCCO)c(-c2ccccc2OCCO)c1)c1ccc(OCCO)c(-c2ccccc2OCCO)c1. The summed E-state index contributed by atoms with van der Waals surface area (Å²) in [4.78, 5) is 0. The van der Waals surface area contributed by atoms with Gasteiger partial charge in [0.1, 0.15) is 49.4 Å². The van der Waals surface area contributed by atoms with Gasteiger partial charge in [-0.25, -0.2) is 0 Å². The fourth-order valence-electron chi connectivity index (χ4n) is 7.63. The highest BCUT2D eigenvalue weighted by Crippen LogP contribution is 2.47. The van der Waals surface area contributed by atoms with Crippen molar-refractivity contribution in [1.82, 2.24) is 0 Å². The first kappa shape index (κ1) is 38.9. The van der Waals surface area contributed by atoms with Gasteiger partial charge in [-0.2, -0.15) is 0 Å². The van der Waals surface area contributed by atoms with Crippen molar-refractivity contribution in [3.05, 3.63) is 131 Å². The molecule has 1 aliphatic carbocycles. The van der Waals surface area contributed by atoms with E-state index in [9.17, 15) is 20.4 Å². The normalized spacial score (nSPS) is 13.4. The second-order valence-electron chi connectivity index (χ2n) is 13.8. The Labute approximate surface area is 318 Å². The van der Waals surface area contributed by atoms with E-state index in [-0.39, 0.29) is 52.9 Å². The molecule has 4 N–H and O–H groups in total. The van der Waals surface area contributed by atoms with Gasteiger partial charge in [-0.05, 0) is 84.3 Å². The number of rotatable bonds is 18. The standard InChI is InChI=1S/C46H52O8/c1-46(35-17-15-34(16-18-35)33-9-3-2-4-10-33,36-19-21-44(53-29-25-49)40(31-36)38-11-5-7-13-42(38)51-27-23-47)37-20-22-45(54-30-26-50)41(32-37)39-12-6-8-14-43(39)52-28-24-48/h5-8,11-22,31-33,47-50H,2-4,9-10,23-30H2,1H3. The van der Waals surface area contributed by atoms with Crippen LogP contribution in [-0.4, -0.2) is 73.3 Å². The van der Waals surface area contributed by atoms with Crippen LogP contribution in [0, 0.1) is 0 Å². The van der Waals surface area contributed by atoms with Crippen molar-refractivity contribution in [2.45, 2.75) is 50.4 Å². The molecule has 0 aromatic heterocycles. The molecule has 0 unspecified atom stereocenters. The molecule has 54 heavy (non-hydrogen) atoms. The first-order chi connectivity index (χ1) is 26.5. The number of ether oxygens (including phenoxy) is 4. The van der Waals surface area contributed by atoms with E-state index < -0.39 is 5.41 Å². The molecule has 0 spiro atoms. The van der Waals surface area contributed by atoms with Crippen molar-refractivity contribution in [2.24, 2.45) is 0 Å². The van der Waals surface area contributed by atoms with Crippen molar-refractivity contribution in [3.8, 4) is 45.3 Å². The van der Waals surface area contributed by atoms with Gasteiger partial charge >= 0.3 is 0 Å². The monoisotopic (exact) mass is 732 g/mol. The number of para-hydroxylation sites is 2. The Morgan fingerprint density at radius 1 is 0.463 bits per heavy atom. The van der Waals surface area contributed by atoms with E-state index in [2.05, 4.69) is 55.5 Å². The molecule has 1 aliphatic rings. The maximum atomic E-state index is 9.70. The average Bonchev–Trinajstić information content (AvgIpc) is 3.23. The van der Waals surface area contributed by atoms with E-state index in [0.717, 1.165) is 38.9 Å². The molecule has 6 rings (SSSR count). The lowest BCUT2D eigenvalue weighted by Crippen LogP contribution is -2.26. The lowest BCUT2D eigenvalue weighted by molar-refractivity contribution is 0.200. The van der Waals surface area contributed by atoms with Crippen LogP contribution in [-0.2, 0) is 5.41 Å². The molecule has 1 saturated carbocycles. The largest absolute Gasteiger partial charge is 0.491 e. The second-order valence-corrected chi connectivity index (χ2v) is 13.8. The van der Waals surface area contributed by atoms with Crippen LogP contribution in [0.15, 0.2) is 109 Å². The minimum Gasteiger partial charge on any atom is -0.491 e.